The van der Waals surface area contributed by atoms with E-state index in [-0.39, 0.29) is 5.41 Å². The lowest BCUT2D eigenvalue weighted by Gasteiger charge is -2.24. The van der Waals surface area contributed by atoms with Crippen LogP contribution in [0.25, 0.3) is 88.8 Å². The monoisotopic (exact) mass is 676 g/mol. The molecule has 1 heterocycles. The summed E-state index contributed by atoms with van der Waals surface area (Å²) >= 11 is 0. The molecule has 2 heteroatoms. The van der Waals surface area contributed by atoms with Crippen molar-refractivity contribution in [2.45, 2.75) is 19.3 Å². The van der Waals surface area contributed by atoms with Gasteiger partial charge in [0.05, 0.1) is 11.4 Å². The van der Waals surface area contributed by atoms with Crippen molar-refractivity contribution in [1.29, 1.82) is 0 Å². The van der Waals surface area contributed by atoms with E-state index in [9.17, 15) is 0 Å². The molecule has 10 rings (SSSR count). The van der Waals surface area contributed by atoms with E-state index in [1.165, 1.54) is 71.6 Å². The Labute approximate surface area is 310 Å². The lowest BCUT2D eigenvalue weighted by molar-refractivity contribution is 0.658. The SMILES string of the molecule is CC1(C)c2cc(-c3c4ccccc4c(-c4ccc(-c5ccccc5)cc4)c4ccccc34)ccc2-c2nc(-c3ccccc3)nc(-c3ccccc3)c21. The molecule has 8 aromatic carbocycles. The van der Waals surface area contributed by atoms with Gasteiger partial charge in [-0.1, -0.05) is 190 Å². The average Bonchev–Trinajstić information content (AvgIpc) is 3.45. The highest BCUT2D eigenvalue weighted by Crippen LogP contribution is 2.53. The molecule has 0 bridgehead atoms. The van der Waals surface area contributed by atoms with Crippen molar-refractivity contribution in [3.63, 3.8) is 0 Å². The number of aromatic nitrogens is 2. The maximum absolute atomic E-state index is 5.31. The van der Waals surface area contributed by atoms with Gasteiger partial charge in [0.1, 0.15) is 0 Å². The maximum Gasteiger partial charge on any atom is 0.160 e. The van der Waals surface area contributed by atoms with Crippen molar-refractivity contribution < 1.29 is 0 Å². The van der Waals surface area contributed by atoms with Crippen molar-refractivity contribution in [2.24, 2.45) is 0 Å². The van der Waals surface area contributed by atoms with E-state index in [1.807, 2.05) is 6.07 Å². The Bertz CT molecular complexity index is 2760. The van der Waals surface area contributed by atoms with E-state index in [4.69, 9.17) is 9.97 Å². The number of benzene rings is 8. The minimum absolute atomic E-state index is 0.326. The molecule has 1 aliphatic rings. The maximum atomic E-state index is 5.31. The molecular formula is C51H36N2. The number of rotatable bonds is 5. The minimum atomic E-state index is -0.326. The Kier molecular flexibility index (Phi) is 7.19. The second-order valence-electron chi connectivity index (χ2n) is 14.5. The number of hydrogen-bond donors (Lipinski definition) is 0. The molecule has 1 aromatic heterocycles. The molecule has 0 atom stereocenters. The third kappa shape index (κ3) is 5.02. The number of nitrogens with zero attached hydrogens (tertiary/aromatic N) is 2. The molecule has 53 heavy (non-hydrogen) atoms. The summed E-state index contributed by atoms with van der Waals surface area (Å²) in [5.74, 6) is 0.750. The van der Waals surface area contributed by atoms with Gasteiger partial charge in [0.15, 0.2) is 5.82 Å². The first-order valence-electron chi connectivity index (χ1n) is 18.3. The van der Waals surface area contributed by atoms with Crippen molar-refractivity contribution in [2.75, 3.05) is 0 Å². The van der Waals surface area contributed by atoms with Gasteiger partial charge < -0.3 is 0 Å². The van der Waals surface area contributed by atoms with Crippen molar-refractivity contribution in [3.05, 3.63) is 193 Å². The first-order chi connectivity index (χ1) is 26.1. The van der Waals surface area contributed by atoms with E-state index in [2.05, 4.69) is 190 Å². The highest BCUT2D eigenvalue weighted by molar-refractivity contribution is 6.21. The van der Waals surface area contributed by atoms with Crippen LogP contribution in [0.15, 0.2) is 182 Å². The van der Waals surface area contributed by atoms with E-state index in [1.54, 1.807) is 0 Å². The van der Waals surface area contributed by atoms with Crippen molar-refractivity contribution in [1.82, 2.24) is 9.97 Å². The first-order valence-corrected chi connectivity index (χ1v) is 18.3. The highest BCUT2D eigenvalue weighted by atomic mass is 14.9. The Morgan fingerprint density at radius 2 is 0.774 bits per heavy atom. The predicted molar refractivity (Wildman–Crippen MR) is 222 cm³/mol. The Morgan fingerprint density at radius 1 is 0.358 bits per heavy atom. The van der Waals surface area contributed by atoms with Gasteiger partial charge in [-0.05, 0) is 66.6 Å². The van der Waals surface area contributed by atoms with Crippen LogP contribution in [-0.4, -0.2) is 9.97 Å². The highest BCUT2D eigenvalue weighted by Gasteiger charge is 2.40. The minimum Gasteiger partial charge on any atom is -0.228 e. The molecule has 0 radical (unpaired) electrons. The summed E-state index contributed by atoms with van der Waals surface area (Å²) in [6.07, 6.45) is 0. The predicted octanol–water partition coefficient (Wildman–Crippen LogP) is 13.4. The van der Waals surface area contributed by atoms with Crippen LogP contribution in [0.3, 0.4) is 0 Å². The van der Waals surface area contributed by atoms with Crippen LogP contribution >= 0.6 is 0 Å². The fourth-order valence-electron chi connectivity index (χ4n) is 8.54. The van der Waals surface area contributed by atoms with E-state index in [0.29, 0.717) is 0 Å². The zero-order chi connectivity index (χ0) is 35.5. The van der Waals surface area contributed by atoms with E-state index >= 15 is 0 Å². The largest absolute Gasteiger partial charge is 0.228 e. The van der Waals surface area contributed by atoms with Gasteiger partial charge in [0, 0.05) is 27.7 Å². The summed E-state index contributed by atoms with van der Waals surface area (Å²) in [6.45, 7) is 4.66. The standard InChI is InChI=1S/C51H36N2/c1-51(2)44-32-38(30-31-43(44)49-47(51)48(36-18-8-4-9-19-36)52-50(53-49)37-20-10-5-11-21-37)46-41-24-14-12-22-39(41)45(40-23-13-15-25-42(40)46)35-28-26-34(27-29-35)33-16-6-3-7-17-33/h3-32H,1-2H3. The Morgan fingerprint density at radius 3 is 1.34 bits per heavy atom. The van der Waals surface area contributed by atoms with Crippen LogP contribution < -0.4 is 0 Å². The van der Waals surface area contributed by atoms with Crippen molar-refractivity contribution >= 4 is 21.5 Å². The van der Waals surface area contributed by atoms with Crippen LogP contribution in [0, 0.1) is 0 Å². The van der Waals surface area contributed by atoms with Gasteiger partial charge in [-0.2, -0.15) is 0 Å². The van der Waals surface area contributed by atoms with Crippen molar-refractivity contribution in [3.8, 4) is 67.3 Å². The second-order valence-corrected chi connectivity index (χ2v) is 14.5. The molecule has 0 saturated carbocycles. The van der Waals surface area contributed by atoms with Gasteiger partial charge in [0.2, 0.25) is 0 Å². The first kappa shape index (κ1) is 31.1. The zero-order valence-electron chi connectivity index (χ0n) is 29.7. The summed E-state index contributed by atoms with van der Waals surface area (Å²) in [7, 11) is 0. The molecule has 0 unspecified atom stereocenters. The fraction of sp³-hybridized carbons (Fsp3) is 0.0588. The molecule has 0 aliphatic heterocycles. The molecular weight excluding hydrogens is 641 g/mol. The Hall–Kier alpha value is -6.64. The lowest BCUT2D eigenvalue weighted by atomic mass is 9.79. The molecule has 1 aliphatic carbocycles. The van der Waals surface area contributed by atoms with Crippen LogP contribution in [0.2, 0.25) is 0 Å². The van der Waals surface area contributed by atoms with Gasteiger partial charge in [-0.25, -0.2) is 9.97 Å². The summed E-state index contributed by atoms with van der Waals surface area (Å²) in [4.78, 5) is 10.6. The lowest BCUT2D eigenvalue weighted by Crippen LogP contribution is -2.17. The van der Waals surface area contributed by atoms with Crippen LogP contribution in [-0.2, 0) is 5.41 Å². The summed E-state index contributed by atoms with van der Waals surface area (Å²) < 4.78 is 0. The molecule has 2 nitrogen and oxygen atoms in total. The Balaban J connectivity index is 1.18. The quantitative estimate of drug-likeness (QED) is 0.170. The van der Waals surface area contributed by atoms with E-state index in [0.717, 1.165) is 28.3 Å². The number of fused-ring (bicyclic) bond motifs is 5. The fourth-order valence-corrected chi connectivity index (χ4v) is 8.54. The smallest absolute Gasteiger partial charge is 0.160 e. The molecule has 0 saturated heterocycles. The summed E-state index contributed by atoms with van der Waals surface area (Å²) in [5.41, 5.74) is 14.8. The van der Waals surface area contributed by atoms with Crippen LogP contribution in [0.4, 0.5) is 0 Å². The zero-order valence-corrected chi connectivity index (χ0v) is 29.7. The molecule has 0 spiro atoms. The summed E-state index contributed by atoms with van der Waals surface area (Å²) in [6, 6.07) is 65.4. The third-order valence-corrected chi connectivity index (χ3v) is 11.1. The van der Waals surface area contributed by atoms with E-state index < -0.39 is 0 Å². The normalized spacial score (nSPS) is 12.9. The third-order valence-electron chi connectivity index (χ3n) is 11.1. The molecule has 9 aromatic rings. The average molecular weight is 677 g/mol. The second kappa shape index (κ2) is 12.3. The van der Waals surface area contributed by atoms with Gasteiger partial charge in [0.25, 0.3) is 0 Å². The molecule has 0 amide bonds. The molecule has 0 fully saturated rings. The topological polar surface area (TPSA) is 25.8 Å². The van der Waals surface area contributed by atoms with Gasteiger partial charge in [-0.15, -0.1) is 0 Å². The van der Waals surface area contributed by atoms with Crippen LogP contribution in [0.1, 0.15) is 25.0 Å². The van der Waals surface area contributed by atoms with Gasteiger partial charge in [-0.3, -0.25) is 0 Å². The molecule has 0 N–H and O–H groups in total. The molecule has 250 valence electrons. The van der Waals surface area contributed by atoms with Gasteiger partial charge >= 0.3 is 0 Å². The van der Waals surface area contributed by atoms with Crippen LogP contribution in [0.5, 0.6) is 0 Å². The number of hydrogen-bond acceptors (Lipinski definition) is 2. The summed E-state index contributed by atoms with van der Waals surface area (Å²) in [5, 5.41) is 5.00.